The van der Waals surface area contributed by atoms with Crippen molar-refractivity contribution in [2.24, 2.45) is 0 Å². The lowest BCUT2D eigenvalue weighted by Gasteiger charge is -2.10. The van der Waals surface area contributed by atoms with Gasteiger partial charge in [0.2, 0.25) is 0 Å². The first kappa shape index (κ1) is 12.6. The molecule has 0 saturated carbocycles. The van der Waals surface area contributed by atoms with Crippen LogP contribution in [0.3, 0.4) is 0 Å². The Labute approximate surface area is 111 Å². The number of hydrogen-bond donors (Lipinski definition) is 2. The van der Waals surface area contributed by atoms with Crippen LogP contribution in [0.2, 0.25) is 5.02 Å². The lowest BCUT2D eigenvalue weighted by molar-refractivity contribution is 0.886. The molecule has 2 aromatic rings. The molecule has 0 atom stereocenters. The Morgan fingerprint density at radius 2 is 1.89 bits per heavy atom. The number of nitrogens with zero attached hydrogens (tertiary/aromatic N) is 2. The van der Waals surface area contributed by atoms with Gasteiger partial charge >= 0.3 is 0 Å². The average Bonchev–Trinajstić information content (AvgIpc) is 2.28. The van der Waals surface area contributed by atoms with Gasteiger partial charge in [-0.1, -0.05) is 17.7 Å². The van der Waals surface area contributed by atoms with E-state index in [0.717, 1.165) is 17.3 Å². The van der Waals surface area contributed by atoms with Gasteiger partial charge in [0, 0.05) is 22.8 Å². The Bertz CT molecular complexity index is 528. The van der Waals surface area contributed by atoms with Gasteiger partial charge in [-0.2, -0.15) is 0 Å². The molecule has 0 amide bonds. The van der Waals surface area contributed by atoms with Gasteiger partial charge in [0.15, 0.2) is 0 Å². The van der Waals surface area contributed by atoms with E-state index < -0.39 is 0 Å². The van der Waals surface area contributed by atoms with Crippen LogP contribution in [-0.2, 0) is 0 Å². The summed E-state index contributed by atoms with van der Waals surface area (Å²) in [6.45, 7) is 4.12. The van der Waals surface area contributed by atoms with E-state index in [9.17, 15) is 0 Å². The van der Waals surface area contributed by atoms with E-state index in [0.29, 0.717) is 11.1 Å². The Balaban J connectivity index is 2.14. The van der Waals surface area contributed by atoms with Crippen molar-refractivity contribution in [3.05, 3.63) is 41.7 Å². The third-order valence-electron chi connectivity index (χ3n) is 2.20. The van der Waals surface area contributed by atoms with E-state index in [4.69, 9.17) is 11.6 Å². The van der Waals surface area contributed by atoms with Crippen molar-refractivity contribution in [3.8, 4) is 0 Å². The highest BCUT2D eigenvalue weighted by Crippen LogP contribution is 2.19. The van der Waals surface area contributed by atoms with Crippen molar-refractivity contribution in [1.82, 2.24) is 9.97 Å². The van der Waals surface area contributed by atoms with Gasteiger partial charge in [-0.25, -0.2) is 9.97 Å². The minimum Gasteiger partial charge on any atom is -0.368 e. The van der Waals surface area contributed by atoms with Gasteiger partial charge in [0.1, 0.15) is 18.0 Å². The molecule has 1 aromatic heterocycles. The van der Waals surface area contributed by atoms with Crippen molar-refractivity contribution >= 4 is 28.9 Å². The summed E-state index contributed by atoms with van der Waals surface area (Å²) < 4.78 is 0. The predicted octanol–water partition coefficient (Wildman–Crippen LogP) is 3.69. The number of nitrogens with one attached hydrogen (secondary N) is 2. The second kappa shape index (κ2) is 5.69. The topological polar surface area (TPSA) is 49.8 Å². The predicted molar refractivity (Wildman–Crippen MR) is 75.5 cm³/mol. The summed E-state index contributed by atoms with van der Waals surface area (Å²) in [6, 6.07) is 9.69. The van der Waals surface area contributed by atoms with Crippen molar-refractivity contribution in [2.45, 2.75) is 19.9 Å². The van der Waals surface area contributed by atoms with Crippen molar-refractivity contribution in [1.29, 1.82) is 0 Å². The zero-order chi connectivity index (χ0) is 13.0. The van der Waals surface area contributed by atoms with Crippen molar-refractivity contribution in [3.63, 3.8) is 0 Å². The molecule has 5 heteroatoms. The normalized spacial score (nSPS) is 10.4. The number of aromatic nitrogens is 2. The molecule has 0 aliphatic heterocycles. The monoisotopic (exact) mass is 262 g/mol. The van der Waals surface area contributed by atoms with Crippen LogP contribution in [0.1, 0.15) is 13.8 Å². The van der Waals surface area contributed by atoms with Crippen LogP contribution in [0.25, 0.3) is 0 Å². The number of benzene rings is 1. The summed E-state index contributed by atoms with van der Waals surface area (Å²) in [5, 5.41) is 7.10. The molecule has 18 heavy (non-hydrogen) atoms. The first-order valence-corrected chi connectivity index (χ1v) is 6.12. The average molecular weight is 263 g/mol. The van der Waals surface area contributed by atoms with Gasteiger partial charge in [-0.05, 0) is 32.0 Å². The quantitative estimate of drug-likeness (QED) is 0.882. The first-order valence-electron chi connectivity index (χ1n) is 5.74. The standard InChI is InChI=1S/C13H15ClN4/c1-9(2)17-12-7-13(16-8-15-12)18-11-5-3-4-10(14)6-11/h3-9H,1-2H3,(H2,15,16,17,18). The fourth-order valence-electron chi connectivity index (χ4n) is 1.51. The summed E-state index contributed by atoms with van der Waals surface area (Å²) in [6.07, 6.45) is 1.53. The van der Waals surface area contributed by atoms with E-state index in [1.54, 1.807) is 0 Å². The molecule has 0 spiro atoms. The van der Waals surface area contributed by atoms with E-state index in [2.05, 4.69) is 34.4 Å². The molecule has 1 aromatic carbocycles. The Morgan fingerprint density at radius 3 is 2.61 bits per heavy atom. The van der Waals surface area contributed by atoms with Gasteiger partial charge < -0.3 is 10.6 Å². The van der Waals surface area contributed by atoms with Crippen LogP contribution in [0.4, 0.5) is 17.3 Å². The highest BCUT2D eigenvalue weighted by molar-refractivity contribution is 6.30. The fraction of sp³-hybridized carbons (Fsp3) is 0.231. The van der Waals surface area contributed by atoms with Crippen LogP contribution in [0, 0.1) is 0 Å². The molecule has 4 nitrogen and oxygen atoms in total. The number of hydrogen-bond acceptors (Lipinski definition) is 4. The van der Waals surface area contributed by atoms with Crippen LogP contribution >= 0.6 is 11.6 Å². The Kier molecular flexibility index (Phi) is 3.99. The number of anilines is 3. The van der Waals surface area contributed by atoms with E-state index in [1.165, 1.54) is 6.33 Å². The maximum Gasteiger partial charge on any atom is 0.135 e. The zero-order valence-corrected chi connectivity index (χ0v) is 11.1. The SMILES string of the molecule is CC(C)Nc1cc(Nc2cccc(Cl)c2)ncn1. The largest absolute Gasteiger partial charge is 0.368 e. The van der Waals surface area contributed by atoms with Crippen LogP contribution in [0.15, 0.2) is 36.7 Å². The molecule has 0 aliphatic carbocycles. The third kappa shape index (κ3) is 3.60. The first-order chi connectivity index (χ1) is 8.63. The van der Waals surface area contributed by atoms with Crippen molar-refractivity contribution in [2.75, 3.05) is 10.6 Å². The van der Waals surface area contributed by atoms with E-state index in [1.807, 2.05) is 30.3 Å². The zero-order valence-electron chi connectivity index (χ0n) is 10.3. The van der Waals surface area contributed by atoms with Crippen LogP contribution in [0.5, 0.6) is 0 Å². The molecule has 0 radical (unpaired) electrons. The molecule has 0 bridgehead atoms. The second-order valence-corrected chi connectivity index (χ2v) is 4.66. The summed E-state index contributed by atoms with van der Waals surface area (Å²) in [4.78, 5) is 8.32. The van der Waals surface area contributed by atoms with Gasteiger partial charge in [-0.3, -0.25) is 0 Å². The molecule has 2 N–H and O–H groups in total. The molecule has 2 rings (SSSR count). The van der Waals surface area contributed by atoms with Crippen molar-refractivity contribution < 1.29 is 0 Å². The smallest absolute Gasteiger partial charge is 0.135 e. The maximum absolute atomic E-state index is 5.93. The summed E-state index contributed by atoms with van der Waals surface area (Å²) in [7, 11) is 0. The second-order valence-electron chi connectivity index (χ2n) is 4.22. The summed E-state index contributed by atoms with van der Waals surface area (Å²) in [5.41, 5.74) is 0.900. The lowest BCUT2D eigenvalue weighted by Crippen LogP contribution is -2.11. The van der Waals surface area contributed by atoms with Crippen LogP contribution in [-0.4, -0.2) is 16.0 Å². The Morgan fingerprint density at radius 1 is 1.11 bits per heavy atom. The maximum atomic E-state index is 5.93. The third-order valence-corrected chi connectivity index (χ3v) is 2.44. The minimum absolute atomic E-state index is 0.332. The highest BCUT2D eigenvalue weighted by Gasteiger charge is 2.01. The summed E-state index contributed by atoms with van der Waals surface area (Å²) >= 11 is 5.93. The number of halogens is 1. The minimum atomic E-state index is 0.332. The van der Waals surface area contributed by atoms with E-state index in [-0.39, 0.29) is 0 Å². The molecular weight excluding hydrogens is 248 g/mol. The van der Waals surface area contributed by atoms with Gasteiger partial charge in [0.25, 0.3) is 0 Å². The fourth-order valence-corrected chi connectivity index (χ4v) is 1.70. The molecule has 94 valence electrons. The molecule has 1 heterocycles. The Hall–Kier alpha value is -1.81. The van der Waals surface area contributed by atoms with Gasteiger partial charge in [-0.15, -0.1) is 0 Å². The number of rotatable bonds is 4. The molecular formula is C13H15ClN4. The molecule has 0 saturated heterocycles. The highest BCUT2D eigenvalue weighted by atomic mass is 35.5. The molecule has 0 unspecified atom stereocenters. The van der Waals surface area contributed by atoms with Gasteiger partial charge in [0.05, 0.1) is 0 Å². The molecule has 0 fully saturated rings. The van der Waals surface area contributed by atoms with E-state index >= 15 is 0 Å². The summed E-state index contributed by atoms with van der Waals surface area (Å²) in [5.74, 6) is 1.53. The lowest BCUT2D eigenvalue weighted by atomic mass is 10.3. The molecule has 0 aliphatic rings. The van der Waals surface area contributed by atoms with Crippen LogP contribution < -0.4 is 10.6 Å².